The second kappa shape index (κ2) is 10.1. The smallest absolute Gasteiger partial charge is 0.321 e. The molecule has 0 bridgehead atoms. The van der Waals surface area contributed by atoms with Crippen LogP contribution < -0.4 is 10.6 Å². The highest BCUT2D eigenvalue weighted by atomic mass is 32.1. The molecule has 0 radical (unpaired) electrons. The Bertz CT molecular complexity index is 1300. The molecule has 176 valence electrons. The molecule has 1 aliphatic rings. The molecule has 0 atom stereocenters. The van der Waals surface area contributed by atoms with Gasteiger partial charge in [0, 0.05) is 48.4 Å². The number of pyridine rings is 1. The lowest BCUT2D eigenvalue weighted by atomic mass is 10.0. The number of carbonyl (C=O) groups is 1. The van der Waals surface area contributed by atoms with E-state index in [0.29, 0.717) is 21.9 Å². The van der Waals surface area contributed by atoms with Crippen molar-refractivity contribution in [3.05, 3.63) is 52.6 Å². The van der Waals surface area contributed by atoms with Gasteiger partial charge in [0.15, 0.2) is 10.9 Å². The van der Waals surface area contributed by atoms with E-state index in [1.165, 1.54) is 16.2 Å². The largest absolute Gasteiger partial charge is 0.379 e. The zero-order chi connectivity index (χ0) is 23.5. The van der Waals surface area contributed by atoms with Crippen molar-refractivity contribution in [1.29, 1.82) is 0 Å². The van der Waals surface area contributed by atoms with Crippen molar-refractivity contribution in [2.24, 2.45) is 0 Å². The van der Waals surface area contributed by atoms with Crippen LogP contribution in [0.5, 0.6) is 0 Å². The third-order valence-electron chi connectivity index (χ3n) is 5.55. The third-order valence-corrected chi connectivity index (χ3v) is 7.48. The second-order valence-electron chi connectivity index (χ2n) is 7.87. The fraction of sp³-hybridized carbons (Fsp3) is 0.292. The van der Waals surface area contributed by atoms with Crippen LogP contribution in [0.2, 0.25) is 0 Å². The van der Waals surface area contributed by atoms with E-state index in [1.807, 2.05) is 42.6 Å². The number of fused-ring (bicyclic) bond motifs is 1. The van der Waals surface area contributed by atoms with Gasteiger partial charge in [-0.25, -0.2) is 14.2 Å². The Morgan fingerprint density at radius 1 is 1.24 bits per heavy atom. The first-order chi connectivity index (χ1) is 16.6. The van der Waals surface area contributed by atoms with E-state index in [1.54, 1.807) is 17.5 Å². The van der Waals surface area contributed by atoms with E-state index in [9.17, 15) is 4.79 Å². The summed E-state index contributed by atoms with van der Waals surface area (Å²) in [5.41, 5.74) is 3.04. The number of rotatable bonds is 6. The number of thiazole rings is 1. The summed E-state index contributed by atoms with van der Waals surface area (Å²) in [7, 11) is 0. The van der Waals surface area contributed by atoms with E-state index < -0.39 is 5.82 Å². The maximum Gasteiger partial charge on any atom is 0.321 e. The molecule has 2 amide bonds. The number of nitrogens with one attached hydrogen (secondary N) is 2. The van der Waals surface area contributed by atoms with Crippen LogP contribution in [0.3, 0.4) is 0 Å². The van der Waals surface area contributed by atoms with Gasteiger partial charge < -0.3 is 10.1 Å². The van der Waals surface area contributed by atoms with Gasteiger partial charge in [0.05, 0.1) is 23.6 Å². The summed E-state index contributed by atoms with van der Waals surface area (Å²) in [4.78, 5) is 24.4. The van der Waals surface area contributed by atoms with Crippen LogP contribution in [0, 0.1) is 5.82 Å². The minimum absolute atomic E-state index is 0.232. The van der Waals surface area contributed by atoms with Gasteiger partial charge >= 0.3 is 6.03 Å². The number of hydrogen-bond donors (Lipinski definition) is 2. The number of halogens is 1. The number of morpholine rings is 1. The molecule has 1 aromatic carbocycles. The summed E-state index contributed by atoms with van der Waals surface area (Å²) < 4.78 is 21.9. The minimum atomic E-state index is -0.398. The summed E-state index contributed by atoms with van der Waals surface area (Å²) >= 11 is 2.87. The predicted octanol–water partition coefficient (Wildman–Crippen LogP) is 5.20. The van der Waals surface area contributed by atoms with Crippen molar-refractivity contribution in [1.82, 2.24) is 20.2 Å². The van der Waals surface area contributed by atoms with Crippen LogP contribution >= 0.6 is 22.7 Å². The van der Waals surface area contributed by atoms with Crippen molar-refractivity contribution in [3.8, 4) is 22.4 Å². The van der Waals surface area contributed by atoms with Crippen LogP contribution in [0.4, 0.5) is 14.3 Å². The van der Waals surface area contributed by atoms with E-state index in [-0.39, 0.29) is 11.5 Å². The highest BCUT2D eigenvalue weighted by Gasteiger charge is 2.21. The maximum atomic E-state index is 15.8. The number of benzene rings is 1. The molecule has 1 aliphatic heterocycles. The third kappa shape index (κ3) is 4.80. The summed E-state index contributed by atoms with van der Waals surface area (Å²) in [6.45, 7) is 6.43. The Labute approximate surface area is 204 Å². The monoisotopic (exact) mass is 497 g/mol. The Balaban J connectivity index is 1.55. The van der Waals surface area contributed by atoms with Crippen molar-refractivity contribution in [2.45, 2.75) is 13.5 Å². The van der Waals surface area contributed by atoms with Gasteiger partial charge in [0.25, 0.3) is 0 Å². The van der Waals surface area contributed by atoms with Gasteiger partial charge in [-0.3, -0.25) is 15.2 Å². The molecule has 0 unspecified atom stereocenters. The molecule has 3 aromatic heterocycles. The van der Waals surface area contributed by atoms with E-state index >= 15 is 4.39 Å². The fourth-order valence-electron chi connectivity index (χ4n) is 3.91. The van der Waals surface area contributed by atoms with Crippen LogP contribution in [0.1, 0.15) is 11.8 Å². The molecule has 10 heteroatoms. The van der Waals surface area contributed by atoms with Crippen LogP contribution in [-0.2, 0) is 11.3 Å². The lowest BCUT2D eigenvalue weighted by molar-refractivity contribution is 0.0346. The number of anilines is 1. The number of amides is 2. The van der Waals surface area contributed by atoms with Crippen molar-refractivity contribution in [3.63, 3.8) is 0 Å². The van der Waals surface area contributed by atoms with Crippen LogP contribution in [0.25, 0.3) is 32.6 Å². The van der Waals surface area contributed by atoms with Gasteiger partial charge in [-0.05, 0) is 42.1 Å². The number of ether oxygens (including phenoxy) is 1. The zero-order valence-electron chi connectivity index (χ0n) is 18.6. The van der Waals surface area contributed by atoms with Gasteiger partial charge in [-0.1, -0.05) is 17.4 Å². The number of thiophene rings is 1. The Morgan fingerprint density at radius 3 is 2.85 bits per heavy atom. The first kappa shape index (κ1) is 22.9. The molecule has 0 spiro atoms. The Hall–Kier alpha value is -2.92. The molecular formula is C24H24FN5O2S2. The topological polar surface area (TPSA) is 79.4 Å². The average molecular weight is 498 g/mol. The maximum absolute atomic E-state index is 15.8. The number of nitrogens with zero attached hydrogens (tertiary/aromatic N) is 3. The van der Waals surface area contributed by atoms with E-state index in [4.69, 9.17) is 4.74 Å². The summed E-state index contributed by atoms with van der Waals surface area (Å²) in [5.74, 6) is -0.398. The lowest BCUT2D eigenvalue weighted by Crippen LogP contribution is -2.35. The molecule has 4 aromatic rings. The second-order valence-corrected chi connectivity index (χ2v) is 9.87. The molecule has 1 saturated heterocycles. The number of hydrogen-bond acceptors (Lipinski definition) is 7. The van der Waals surface area contributed by atoms with E-state index in [0.717, 1.165) is 49.7 Å². The number of urea groups is 1. The SMILES string of the molecule is CCNC(=O)Nc1nc2c(F)c(-c3csc(CN4CCOCC4)c3)cc(-c3ccccn3)c2s1. The summed E-state index contributed by atoms with van der Waals surface area (Å²) in [5, 5.41) is 7.71. The van der Waals surface area contributed by atoms with E-state index in [2.05, 4.69) is 25.5 Å². The van der Waals surface area contributed by atoms with Crippen molar-refractivity contribution >= 4 is 44.1 Å². The summed E-state index contributed by atoms with van der Waals surface area (Å²) in [6, 6.07) is 9.16. The fourth-order valence-corrected chi connectivity index (χ4v) is 5.82. The number of aromatic nitrogens is 2. The quantitative estimate of drug-likeness (QED) is 0.383. The van der Waals surface area contributed by atoms with Crippen molar-refractivity contribution in [2.75, 3.05) is 38.2 Å². The van der Waals surface area contributed by atoms with Crippen LogP contribution in [0.15, 0.2) is 41.9 Å². The Morgan fingerprint density at radius 2 is 2.09 bits per heavy atom. The molecule has 0 saturated carbocycles. The van der Waals surface area contributed by atoms with Crippen molar-refractivity contribution < 1.29 is 13.9 Å². The molecule has 34 heavy (non-hydrogen) atoms. The normalized spacial score (nSPS) is 14.4. The van der Waals surface area contributed by atoms with Gasteiger partial charge in [-0.2, -0.15) is 0 Å². The highest BCUT2D eigenvalue weighted by molar-refractivity contribution is 7.22. The predicted molar refractivity (Wildman–Crippen MR) is 135 cm³/mol. The average Bonchev–Trinajstić information content (AvgIpc) is 3.48. The first-order valence-electron chi connectivity index (χ1n) is 11.1. The highest BCUT2D eigenvalue weighted by Crippen LogP contribution is 2.41. The Kier molecular flexibility index (Phi) is 6.82. The number of carbonyl (C=O) groups excluding carboxylic acids is 1. The molecule has 5 rings (SSSR count). The molecule has 0 aliphatic carbocycles. The molecule has 1 fully saturated rings. The summed E-state index contributed by atoms with van der Waals surface area (Å²) in [6.07, 6.45) is 1.71. The molecular weight excluding hydrogens is 473 g/mol. The molecule has 4 heterocycles. The first-order valence-corrected chi connectivity index (χ1v) is 12.8. The molecule has 7 nitrogen and oxygen atoms in total. The van der Waals surface area contributed by atoms with Crippen LogP contribution in [-0.4, -0.2) is 53.7 Å². The zero-order valence-corrected chi connectivity index (χ0v) is 20.3. The lowest BCUT2D eigenvalue weighted by Gasteiger charge is -2.25. The standard InChI is InChI=1S/C24H24FN5O2S2/c1-2-26-23(31)29-24-28-21-20(25)17(12-18(22(21)34-24)19-5-3-4-6-27-19)15-11-16(33-14-15)13-30-7-9-32-10-8-30/h3-6,11-12,14H,2,7-10,13H2,1H3,(H2,26,28,29,31). The van der Waals surface area contributed by atoms with Gasteiger partial charge in [0.2, 0.25) is 0 Å². The van der Waals surface area contributed by atoms with Gasteiger partial charge in [0.1, 0.15) is 5.52 Å². The van der Waals surface area contributed by atoms with Gasteiger partial charge in [-0.15, -0.1) is 11.3 Å². The minimum Gasteiger partial charge on any atom is -0.379 e. The molecule has 2 N–H and O–H groups in total.